The van der Waals surface area contributed by atoms with Crippen molar-refractivity contribution in [3.05, 3.63) is 46.3 Å². The molecular formula is C33H47NO3. The molecule has 4 nitrogen and oxygen atoms in total. The zero-order valence-corrected chi connectivity index (χ0v) is 24.3. The molecule has 0 bridgehead atoms. The molecule has 37 heavy (non-hydrogen) atoms. The van der Waals surface area contributed by atoms with Gasteiger partial charge in [-0.2, -0.15) is 0 Å². The molecule has 0 aromatic heterocycles. The van der Waals surface area contributed by atoms with Crippen molar-refractivity contribution in [2.24, 2.45) is 38.7 Å². The lowest BCUT2D eigenvalue weighted by Crippen LogP contribution is -2.63. The highest BCUT2D eigenvalue weighted by Gasteiger charge is 2.68. The molecule has 0 aromatic carbocycles. The number of fused-ring (bicyclic) bond motifs is 7. The third-order valence-corrected chi connectivity index (χ3v) is 12.1. The van der Waals surface area contributed by atoms with E-state index in [0.29, 0.717) is 11.7 Å². The second kappa shape index (κ2) is 8.20. The number of ketones is 1. The molecule has 0 aliphatic heterocycles. The SMILES string of the molecule is CC[C@@]12CC[C@@]3(C)C4=CC(=O)C(OC(C)C)=C(C)C4=CC=C3[C@@]1(C)CC[C@@]1(C)CC[C@@](C)(C(N)=O)C[C@H]12. The molecule has 2 N–H and O–H groups in total. The van der Waals surface area contributed by atoms with E-state index in [1.807, 2.05) is 26.8 Å². The van der Waals surface area contributed by atoms with E-state index in [4.69, 9.17) is 10.5 Å². The van der Waals surface area contributed by atoms with Gasteiger partial charge in [0.05, 0.1) is 6.10 Å². The van der Waals surface area contributed by atoms with Crippen LogP contribution in [0.2, 0.25) is 0 Å². The summed E-state index contributed by atoms with van der Waals surface area (Å²) in [7, 11) is 0. The number of hydrogen-bond acceptors (Lipinski definition) is 3. The topological polar surface area (TPSA) is 69.4 Å². The molecule has 0 aromatic rings. The van der Waals surface area contributed by atoms with E-state index >= 15 is 0 Å². The fraction of sp³-hybridized carbons (Fsp3) is 0.697. The lowest BCUT2D eigenvalue weighted by molar-refractivity contribution is -0.176. The first kappa shape index (κ1) is 26.5. The van der Waals surface area contributed by atoms with Crippen LogP contribution >= 0.6 is 0 Å². The molecule has 5 rings (SSSR count). The molecule has 5 aliphatic carbocycles. The van der Waals surface area contributed by atoms with Gasteiger partial charge in [0, 0.05) is 16.4 Å². The molecule has 0 radical (unpaired) electrons. The van der Waals surface area contributed by atoms with Crippen molar-refractivity contribution >= 4 is 11.7 Å². The van der Waals surface area contributed by atoms with Gasteiger partial charge in [-0.1, -0.05) is 52.3 Å². The Morgan fingerprint density at radius 2 is 1.73 bits per heavy atom. The molecule has 3 saturated carbocycles. The third kappa shape index (κ3) is 3.39. The van der Waals surface area contributed by atoms with Crippen LogP contribution in [0.15, 0.2) is 46.3 Å². The summed E-state index contributed by atoms with van der Waals surface area (Å²) in [6.45, 7) is 17.8. The number of ether oxygens (including phenoxy) is 1. The molecule has 3 fully saturated rings. The Hall–Kier alpha value is -2.10. The van der Waals surface area contributed by atoms with Crippen LogP contribution in [-0.4, -0.2) is 17.8 Å². The Kier molecular flexibility index (Phi) is 5.87. The second-order valence-corrected chi connectivity index (χ2v) is 14.2. The summed E-state index contributed by atoms with van der Waals surface area (Å²) >= 11 is 0. The van der Waals surface area contributed by atoms with Gasteiger partial charge in [-0.25, -0.2) is 0 Å². The first-order valence-corrected chi connectivity index (χ1v) is 14.6. The van der Waals surface area contributed by atoms with Crippen molar-refractivity contribution in [3.8, 4) is 0 Å². The van der Waals surface area contributed by atoms with Gasteiger partial charge in [-0.3, -0.25) is 9.59 Å². The van der Waals surface area contributed by atoms with Crippen LogP contribution < -0.4 is 5.73 Å². The lowest BCUT2D eigenvalue weighted by Gasteiger charge is -2.71. The fourth-order valence-electron chi connectivity index (χ4n) is 9.62. The third-order valence-electron chi connectivity index (χ3n) is 12.1. The van der Waals surface area contributed by atoms with Crippen molar-refractivity contribution in [3.63, 3.8) is 0 Å². The molecule has 202 valence electrons. The molecule has 5 aliphatic rings. The quantitative estimate of drug-likeness (QED) is 0.434. The molecule has 0 unspecified atom stereocenters. The standard InChI is InChI=1S/C33H47NO3/c1-9-33-17-15-31(7)23-18-24(35)27(37-20(2)3)21(4)22(23)10-11-25(31)32(33,8)16-14-29(5)12-13-30(6,28(34)36)19-26(29)33/h10-11,18,20,26H,9,12-17,19H2,1-8H3,(H2,34,36)/t26-,29-,30-,31+,32-,33+/m1/s1. The van der Waals surface area contributed by atoms with Crippen molar-refractivity contribution in [2.75, 3.05) is 0 Å². The Bertz CT molecular complexity index is 1190. The highest BCUT2D eigenvalue weighted by atomic mass is 16.5. The summed E-state index contributed by atoms with van der Waals surface area (Å²) in [5.41, 5.74) is 10.6. The second-order valence-electron chi connectivity index (χ2n) is 14.2. The van der Waals surface area contributed by atoms with Gasteiger partial charge < -0.3 is 10.5 Å². The van der Waals surface area contributed by atoms with E-state index in [1.165, 1.54) is 17.6 Å². The summed E-state index contributed by atoms with van der Waals surface area (Å²) in [4.78, 5) is 25.9. The zero-order valence-electron chi connectivity index (χ0n) is 24.3. The van der Waals surface area contributed by atoms with Gasteiger partial charge >= 0.3 is 0 Å². The number of amides is 1. The molecular weight excluding hydrogens is 458 g/mol. The highest BCUT2D eigenvalue weighted by Crippen LogP contribution is 2.76. The van der Waals surface area contributed by atoms with E-state index in [1.54, 1.807) is 0 Å². The molecule has 0 heterocycles. The van der Waals surface area contributed by atoms with E-state index in [9.17, 15) is 9.59 Å². The van der Waals surface area contributed by atoms with Crippen molar-refractivity contribution < 1.29 is 14.3 Å². The number of carbonyl (C=O) groups excluding carboxylic acids is 2. The van der Waals surface area contributed by atoms with Gasteiger partial charge in [0.1, 0.15) is 0 Å². The summed E-state index contributed by atoms with van der Waals surface area (Å²) in [6, 6.07) is 0. The van der Waals surface area contributed by atoms with Crippen molar-refractivity contribution in [1.29, 1.82) is 0 Å². The number of allylic oxidation sites excluding steroid dienone is 7. The summed E-state index contributed by atoms with van der Waals surface area (Å²) in [5, 5.41) is 0. The smallest absolute Gasteiger partial charge is 0.223 e. The number of hydrogen-bond donors (Lipinski definition) is 1. The van der Waals surface area contributed by atoms with Gasteiger partial charge in [-0.15, -0.1) is 0 Å². The first-order chi connectivity index (χ1) is 17.2. The normalized spacial score (nSPS) is 43.1. The molecule has 4 heteroatoms. The summed E-state index contributed by atoms with van der Waals surface area (Å²) in [5.74, 6) is 0.821. The minimum absolute atomic E-state index is 0.000897. The molecule has 6 atom stereocenters. The van der Waals surface area contributed by atoms with Gasteiger partial charge in [0.25, 0.3) is 0 Å². The van der Waals surface area contributed by atoms with Crippen LogP contribution in [0.25, 0.3) is 0 Å². The Balaban J connectivity index is 1.64. The van der Waals surface area contributed by atoms with Gasteiger partial charge in [-0.05, 0) is 112 Å². The van der Waals surface area contributed by atoms with Gasteiger partial charge in [0.2, 0.25) is 11.7 Å². The summed E-state index contributed by atoms with van der Waals surface area (Å²) < 4.78 is 5.97. The number of carbonyl (C=O) groups is 2. The number of nitrogens with two attached hydrogens (primary N) is 1. The lowest BCUT2D eigenvalue weighted by atomic mass is 9.33. The monoisotopic (exact) mass is 505 g/mol. The Labute approximate surface area is 223 Å². The van der Waals surface area contributed by atoms with E-state index in [0.717, 1.165) is 56.1 Å². The maximum absolute atomic E-state index is 13.3. The predicted molar refractivity (Wildman–Crippen MR) is 148 cm³/mol. The number of primary amides is 1. The van der Waals surface area contributed by atoms with E-state index < -0.39 is 5.41 Å². The van der Waals surface area contributed by atoms with Crippen LogP contribution in [0.1, 0.15) is 107 Å². The molecule has 1 amide bonds. The average Bonchev–Trinajstić information content (AvgIpc) is 2.83. The molecule has 0 saturated heterocycles. The van der Waals surface area contributed by atoms with Crippen LogP contribution in [0.4, 0.5) is 0 Å². The van der Waals surface area contributed by atoms with Crippen LogP contribution in [0.5, 0.6) is 0 Å². The van der Waals surface area contributed by atoms with E-state index in [2.05, 4.69) is 46.8 Å². The van der Waals surface area contributed by atoms with Crippen LogP contribution in [0, 0.1) is 33.0 Å². The minimum atomic E-state index is -0.424. The van der Waals surface area contributed by atoms with Crippen molar-refractivity contribution in [1.82, 2.24) is 0 Å². The maximum Gasteiger partial charge on any atom is 0.223 e. The average molecular weight is 506 g/mol. The maximum atomic E-state index is 13.3. The largest absolute Gasteiger partial charge is 0.487 e. The number of rotatable bonds is 4. The minimum Gasteiger partial charge on any atom is -0.487 e. The van der Waals surface area contributed by atoms with E-state index in [-0.39, 0.29) is 39.5 Å². The Morgan fingerprint density at radius 3 is 2.35 bits per heavy atom. The fourth-order valence-corrected chi connectivity index (χ4v) is 9.62. The first-order valence-electron chi connectivity index (χ1n) is 14.6. The molecule has 0 spiro atoms. The Morgan fingerprint density at radius 1 is 1.05 bits per heavy atom. The predicted octanol–water partition coefficient (Wildman–Crippen LogP) is 7.36. The highest BCUT2D eigenvalue weighted by molar-refractivity contribution is 6.07. The van der Waals surface area contributed by atoms with Gasteiger partial charge in [0.15, 0.2) is 5.76 Å². The zero-order chi connectivity index (χ0) is 27.2. The van der Waals surface area contributed by atoms with Crippen molar-refractivity contribution in [2.45, 2.75) is 113 Å². The summed E-state index contributed by atoms with van der Waals surface area (Å²) in [6.07, 6.45) is 15.0. The van der Waals surface area contributed by atoms with Crippen LogP contribution in [-0.2, 0) is 14.3 Å². The van der Waals surface area contributed by atoms with Crippen LogP contribution in [0.3, 0.4) is 0 Å².